The second kappa shape index (κ2) is 4.52. The lowest BCUT2D eigenvalue weighted by atomic mass is 10.1. The Hall–Kier alpha value is -2.57. The van der Waals surface area contributed by atoms with Gasteiger partial charge in [-0.1, -0.05) is 0 Å². The van der Waals surface area contributed by atoms with Gasteiger partial charge in [0, 0.05) is 13.0 Å². The number of ether oxygens (including phenoxy) is 1. The highest BCUT2D eigenvalue weighted by molar-refractivity contribution is 6.03. The normalized spacial score (nSPS) is 18.8. The van der Waals surface area contributed by atoms with Gasteiger partial charge in [-0.2, -0.15) is 0 Å². The van der Waals surface area contributed by atoms with Crippen molar-refractivity contribution in [3.63, 3.8) is 0 Å². The maximum atomic E-state index is 12.1. The van der Waals surface area contributed by atoms with E-state index in [-0.39, 0.29) is 24.8 Å². The maximum absolute atomic E-state index is 12.1. The van der Waals surface area contributed by atoms with Gasteiger partial charge >= 0.3 is 5.97 Å². The number of methoxy groups -OCH3 is 1. The molecule has 1 saturated heterocycles. The number of carbonyl (C=O) groups is 2. The first-order chi connectivity index (χ1) is 9.60. The first-order valence-electron chi connectivity index (χ1n) is 6.21. The molecule has 3 N–H and O–H groups in total. The van der Waals surface area contributed by atoms with Crippen molar-refractivity contribution in [2.24, 2.45) is 5.92 Å². The van der Waals surface area contributed by atoms with Gasteiger partial charge in [-0.3, -0.25) is 9.59 Å². The smallest absolute Gasteiger partial charge is 0.311 e. The summed E-state index contributed by atoms with van der Waals surface area (Å²) < 4.78 is 4.69. The third-order valence-electron chi connectivity index (χ3n) is 3.52. The number of fused-ring (bicyclic) bond motifs is 1. The van der Waals surface area contributed by atoms with E-state index in [1.54, 1.807) is 18.5 Å². The largest absolute Gasteiger partial charge is 0.469 e. The van der Waals surface area contributed by atoms with E-state index in [1.165, 1.54) is 12.0 Å². The summed E-state index contributed by atoms with van der Waals surface area (Å²) >= 11 is 0. The van der Waals surface area contributed by atoms with Crippen LogP contribution in [0.5, 0.6) is 0 Å². The van der Waals surface area contributed by atoms with Gasteiger partial charge in [0.1, 0.15) is 0 Å². The Labute approximate surface area is 114 Å². The van der Waals surface area contributed by atoms with E-state index < -0.39 is 5.92 Å². The Morgan fingerprint density at radius 2 is 2.35 bits per heavy atom. The quantitative estimate of drug-likeness (QED) is 0.619. The predicted octanol–water partition coefficient (Wildman–Crippen LogP) is 0.671. The van der Waals surface area contributed by atoms with Gasteiger partial charge in [-0.15, -0.1) is 0 Å². The molecule has 0 spiro atoms. The summed E-state index contributed by atoms with van der Waals surface area (Å²) in [5, 5.41) is 0. The minimum atomic E-state index is -0.443. The van der Waals surface area contributed by atoms with Crippen LogP contribution in [0.2, 0.25) is 0 Å². The van der Waals surface area contributed by atoms with E-state index in [9.17, 15) is 9.59 Å². The van der Waals surface area contributed by atoms with Crippen LogP contribution in [0.4, 0.5) is 11.4 Å². The number of nitrogen functional groups attached to an aromatic ring is 1. The molecule has 2 aromatic rings. The second-order valence-electron chi connectivity index (χ2n) is 4.76. The zero-order valence-electron chi connectivity index (χ0n) is 10.9. The highest BCUT2D eigenvalue weighted by atomic mass is 16.5. The highest BCUT2D eigenvalue weighted by Crippen LogP contribution is 2.32. The Balaban J connectivity index is 1.96. The van der Waals surface area contributed by atoms with E-state index in [1.807, 2.05) is 0 Å². The molecule has 7 nitrogen and oxygen atoms in total. The Kier molecular flexibility index (Phi) is 2.81. The Morgan fingerprint density at radius 3 is 3.10 bits per heavy atom. The first kappa shape index (κ1) is 12.5. The number of benzene rings is 1. The number of amides is 1. The van der Waals surface area contributed by atoms with E-state index >= 15 is 0 Å². The van der Waals surface area contributed by atoms with Crippen molar-refractivity contribution < 1.29 is 14.3 Å². The molecule has 1 aromatic heterocycles. The number of rotatable bonds is 2. The number of anilines is 2. The van der Waals surface area contributed by atoms with Crippen LogP contribution < -0.4 is 10.6 Å². The van der Waals surface area contributed by atoms with Gasteiger partial charge in [0.2, 0.25) is 5.91 Å². The molecule has 0 bridgehead atoms. The lowest BCUT2D eigenvalue weighted by molar-refractivity contribution is -0.145. The topological polar surface area (TPSA) is 101 Å². The third kappa shape index (κ3) is 1.87. The SMILES string of the molecule is COC(=O)C1CC(=O)N(c2cc3nc[nH]c3cc2N)C1. The molecule has 0 saturated carbocycles. The average molecular weight is 274 g/mol. The van der Waals surface area contributed by atoms with Crippen LogP contribution in [-0.4, -0.2) is 35.5 Å². The van der Waals surface area contributed by atoms with Crippen molar-refractivity contribution in [1.82, 2.24) is 9.97 Å². The lowest BCUT2D eigenvalue weighted by Crippen LogP contribution is -2.27. The molecule has 1 aliphatic rings. The lowest BCUT2D eigenvalue weighted by Gasteiger charge is -2.18. The number of hydrogen-bond acceptors (Lipinski definition) is 5. The summed E-state index contributed by atoms with van der Waals surface area (Å²) in [6.45, 7) is 0.283. The number of aromatic amines is 1. The van der Waals surface area contributed by atoms with Crippen molar-refractivity contribution >= 4 is 34.3 Å². The van der Waals surface area contributed by atoms with Gasteiger partial charge in [0.25, 0.3) is 0 Å². The standard InChI is InChI=1S/C13H14N4O3/c1-20-13(19)7-2-12(18)17(5-7)11-4-10-9(3-8(11)14)15-6-16-10/h3-4,6-7H,2,5,14H2,1H3,(H,15,16). The summed E-state index contributed by atoms with van der Waals surface area (Å²) in [6, 6.07) is 3.48. The molecule has 1 aliphatic heterocycles. The van der Waals surface area contributed by atoms with Gasteiger partial charge in [-0.25, -0.2) is 4.98 Å². The van der Waals surface area contributed by atoms with Crippen LogP contribution in [0.25, 0.3) is 11.0 Å². The molecule has 1 amide bonds. The van der Waals surface area contributed by atoms with Crippen LogP contribution in [0.3, 0.4) is 0 Å². The van der Waals surface area contributed by atoms with Crippen LogP contribution in [-0.2, 0) is 14.3 Å². The molecule has 1 unspecified atom stereocenters. The molecule has 1 atom stereocenters. The van der Waals surface area contributed by atoms with Crippen LogP contribution in [0, 0.1) is 5.92 Å². The number of hydrogen-bond donors (Lipinski definition) is 2. The molecule has 104 valence electrons. The molecule has 0 aliphatic carbocycles. The molecule has 20 heavy (non-hydrogen) atoms. The second-order valence-corrected chi connectivity index (χ2v) is 4.76. The Bertz CT molecular complexity index is 694. The number of carbonyl (C=O) groups excluding carboxylic acids is 2. The maximum Gasteiger partial charge on any atom is 0.311 e. The van der Waals surface area contributed by atoms with E-state index in [4.69, 9.17) is 5.73 Å². The summed E-state index contributed by atoms with van der Waals surface area (Å²) in [6.07, 6.45) is 1.71. The van der Waals surface area contributed by atoms with Crippen LogP contribution >= 0.6 is 0 Å². The number of esters is 1. The average Bonchev–Trinajstić information content (AvgIpc) is 3.03. The fraction of sp³-hybridized carbons (Fsp3) is 0.308. The molecule has 1 fully saturated rings. The zero-order valence-corrected chi connectivity index (χ0v) is 10.9. The van der Waals surface area contributed by atoms with Gasteiger partial charge in [0.05, 0.1) is 41.8 Å². The highest BCUT2D eigenvalue weighted by Gasteiger charge is 2.36. The molecule has 2 heterocycles. The zero-order chi connectivity index (χ0) is 14.3. The number of H-pyrrole nitrogens is 1. The first-order valence-corrected chi connectivity index (χ1v) is 6.21. The van der Waals surface area contributed by atoms with Crippen molar-refractivity contribution in [3.05, 3.63) is 18.5 Å². The van der Waals surface area contributed by atoms with Crippen molar-refractivity contribution in [2.75, 3.05) is 24.3 Å². The van der Waals surface area contributed by atoms with Gasteiger partial charge < -0.3 is 20.4 Å². The summed E-state index contributed by atoms with van der Waals surface area (Å²) in [4.78, 5) is 32.2. The van der Waals surface area contributed by atoms with Crippen LogP contribution in [0.1, 0.15) is 6.42 Å². The van der Waals surface area contributed by atoms with E-state index in [0.717, 1.165) is 11.0 Å². The third-order valence-corrected chi connectivity index (χ3v) is 3.52. The van der Waals surface area contributed by atoms with Gasteiger partial charge in [0.15, 0.2) is 0 Å². The van der Waals surface area contributed by atoms with Crippen molar-refractivity contribution in [2.45, 2.75) is 6.42 Å². The molecule has 7 heteroatoms. The van der Waals surface area contributed by atoms with Crippen molar-refractivity contribution in [3.8, 4) is 0 Å². The molecule has 0 radical (unpaired) electrons. The minimum Gasteiger partial charge on any atom is -0.469 e. The summed E-state index contributed by atoms with van der Waals surface area (Å²) in [5.74, 6) is -0.955. The number of nitrogens with one attached hydrogen (secondary N) is 1. The van der Waals surface area contributed by atoms with E-state index in [0.29, 0.717) is 11.4 Å². The number of nitrogens with two attached hydrogens (primary N) is 1. The molecular formula is C13H14N4O3. The summed E-state index contributed by atoms with van der Waals surface area (Å²) in [5.41, 5.74) is 8.57. The minimum absolute atomic E-state index is 0.137. The van der Waals surface area contributed by atoms with Crippen LogP contribution in [0.15, 0.2) is 18.5 Å². The Morgan fingerprint density at radius 1 is 1.55 bits per heavy atom. The molecule has 1 aromatic carbocycles. The molecular weight excluding hydrogens is 260 g/mol. The fourth-order valence-corrected chi connectivity index (χ4v) is 2.49. The number of imidazole rings is 1. The fourth-order valence-electron chi connectivity index (χ4n) is 2.49. The monoisotopic (exact) mass is 274 g/mol. The van der Waals surface area contributed by atoms with Crippen molar-refractivity contribution in [1.29, 1.82) is 0 Å². The number of aromatic nitrogens is 2. The van der Waals surface area contributed by atoms with E-state index in [2.05, 4.69) is 14.7 Å². The number of nitrogens with zero attached hydrogens (tertiary/aromatic N) is 2. The van der Waals surface area contributed by atoms with Gasteiger partial charge in [-0.05, 0) is 12.1 Å². The molecule has 3 rings (SSSR count). The predicted molar refractivity (Wildman–Crippen MR) is 73.0 cm³/mol. The summed E-state index contributed by atoms with van der Waals surface area (Å²) in [7, 11) is 1.32.